The second kappa shape index (κ2) is 7.96. The summed E-state index contributed by atoms with van der Waals surface area (Å²) >= 11 is 0. The first-order valence-corrected chi connectivity index (χ1v) is 11.0. The van der Waals surface area contributed by atoms with E-state index in [0.717, 1.165) is 11.8 Å². The fourth-order valence-electron chi connectivity index (χ4n) is 3.15. The Morgan fingerprint density at radius 1 is 0.679 bits per heavy atom. The zero-order valence-corrected chi connectivity index (χ0v) is 19.9. The number of carbonyl (C=O) groups excluding carboxylic acids is 1. The van der Waals surface area contributed by atoms with Gasteiger partial charge in [0.1, 0.15) is 6.29 Å². The average molecular weight is 395 g/mol. The summed E-state index contributed by atoms with van der Waals surface area (Å²) in [7, 11) is 1.20. The maximum atomic E-state index is 10.9. The first-order valence-electron chi connectivity index (χ1n) is 10.0. The molecule has 0 aliphatic heterocycles. The maximum Gasteiger partial charge on any atom is 0.150 e. The van der Waals surface area contributed by atoms with Crippen LogP contribution in [0, 0.1) is 0 Å². The Morgan fingerprint density at radius 3 is 1.46 bits per heavy atom. The molecule has 0 fully saturated rings. The van der Waals surface area contributed by atoms with E-state index in [4.69, 9.17) is 0 Å². The zero-order valence-electron chi connectivity index (χ0n) is 19.0. The molecule has 2 aromatic carbocycles. The van der Waals surface area contributed by atoms with Crippen LogP contribution in [0.1, 0.15) is 94.9 Å². The molecule has 0 saturated heterocycles. The lowest BCUT2D eigenvalue weighted by atomic mass is 9.75. The number of benzene rings is 2. The minimum absolute atomic E-state index is 0.0683. The van der Waals surface area contributed by atoms with E-state index in [1.54, 1.807) is 0 Å². The second-order valence-electron chi connectivity index (χ2n) is 10.7. The molecule has 2 heteroatoms. The van der Waals surface area contributed by atoms with Gasteiger partial charge in [-0.3, -0.25) is 4.79 Å². The van der Waals surface area contributed by atoms with Crippen LogP contribution in [0.3, 0.4) is 0 Å². The number of rotatable bonds is 3. The normalized spacial score (nSPS) is 13.2. The van der Waals surface area contributed by atoms with Crippen molar-refractivity contribution in [1.29, 1.82) is 0 Å². The number of carbonyl (C=O) groups is 1. The summed E-state index contributed by atoms with van der Waals surface area (Å²) in [5.41, 5.74) is 6.36. The van der Waals surface area contributed by atoms with Crippen molar-refractivity contribution >= 4 is 25.6 Å². The highest BCUT2D eigenvalue weighted by Gasteiger charge is 2.28. The predicted octanol–water partition coefficient (Wildman–Crippen LogP) is 6.81. The first-order chi connectivity index (χ1) is 12.7. The molecule has 0 amide bonds. The van der Waals surface area contributed by atoms with Crippen molar-refractivity contribution in [3.8, 4) is 0 Å². The van der Waals surface area contributed by atoms with Gasteiger partial charge in [0.2, 0.25) is 0 Å². The molecule has 0 N–H and O–H groups in total. The van der Waals surface area contributed by atoms with Gasteiger partial charge in [0, 0.05) is 10.9 Å². The summed E-state index contributed by atoms with van der Waals surface area (Å²) in [6, 6.07) is 12.6. The van der Waals surface area contributed by atoms with Crippen LogP contribution in [0.15, 0.2) is 36.4 Å². The molecule has 0 unspecified atom stereocenters. The molecule has 0 aliphatic rings. The van der Waals surface area contributed by atoms with Crippen molar-refractivity contribution in [2.24, 2.45) is 0 Å². The smallest absolute Gasteiger partial charge is 0.150 e. The van der Waals surface area contributed by atoms with E-state index < -0.39 is 0 Å². The minimum atomic E-state index is 0.0683. The Morgan fingerprint density at radius 2 is 1.11 bits per heavy atom. The Kier molecular flexibility index (Phi) is 6.41. The van der Waals surface area contributed by atoms with Gasteiger partial charge in [0.15, 0.2) is 0 Å². The van der Waals surface area contributed by atoms with Crippen LogP contribution < -0.4 is 5.30 Å². The second-order valence-corrected chi connectivity index (χ2v) is 11.7. The molecule has 0 heterocycles. The fourth-order valence-corrected chi connectivity index (χ4v) is 4.68. The van der Waals surface area contributed by atoms with Crippen LogP contribution >= 0.6 is 8.20 Å². The Bertz CT molecular complexity index is 832. The number of hydrogen-bond donors (Lipinski definition) is 0. The minimum Gasteiger partial charge on any atom is -0.298 e. The van der Waals surface area contributed by atoms with E-state index in [9.17, 15) is 4.79 Å². The van der Waals surface area contributed by atoms with Crippen molar-refractivity contribution in [3.05, 3.63) is 64.2 Å². The van der Waals surface area contributed by atoms with Gasteiger partial charge in [-0.25, -0.2) is 0 Å². The van der Waals surface area contributed by atoms with Gasteiger partial charge >= 0.3 is 0 Å². The van der Waals surface area contributed by atoms with Crippen molar-refractivity contribution in [2.75, 3.05) is 0 Å². The third-order valence-electron chi connectivity index (χ3n) is 5.01. The molecule has 28 heavy (non-hydrogen) atoms. The van der Waals surface area contributed by atoms with Crippen LogP contribution in [0.5, 0.6) is 0 Å². The topological polar surface area (TPSA) is 17.1 Å². The maximum absolute atomic E-state index is 10.9. The highest BCUT2D eigenvalue weighted by molar-refractivity contribution is 7.48. The van der Waals surface area contributed by atoms with E-state index in [1.165, 1.54) is 30.2 Å². The summed E-state index contributed by atoms with van der Waals surface area (Å²) in [5, 5.41) is 1.41. The van der Waals surface area contributed by atoms with Crippen LogP contribution in [0.4, 0.5) is 0 Å². The lowest BCUT2D eigenvalue weighted by Crippen LogP contribution is -2.29. The molecule has 2 aromatic rings. The van der Waals surface area contributed by atoms with Gasteiger partial charge in [-0.05, 0) is 44.3 Å². The predicted molar refractivity (Wildman–Crippen MR) is 126 cm³/mol. The van der Waals surface area contributed by atoms with E-state index in [-0.39, 0.29) is 16.2 Å². The molecule has 0 radical (unpaired) electrons. The molecule has 2 rings (SSSR count). The van der Waals surface area contributed by atoms with Crippen LogP contribution in [0.25, 0.3) is 0 Å². The Hall–Kier alpha value is -1.72. The Balaban J connectivity index is 2.71. The highest BCUT2D eigenvalue weighted by atomic mass is 31.1. The van der Waals surface area contributed by atoms with E-state index in [0.29, 0.717) is 5.56 Å². The highest BCUT2D eigenvalue weighted by Crippen LogP contribution is 2.35. The van der Waals surface area contributed by atoms with E-state index in [2.05, 4.69) is 80.2 Å². The number of hydrogen-bond acceptors (Lipinski definition) is 1. The molecule has 150 valence electrons. The van der Waals surface area contributed by atoms with Gasteiger partial charge in [-0.1, -0.05) is 107 Å². The molecule has 0 spiro atoms. The summed E-state index contributed by atoms with van der Waals surface area (Å²) in [6.45, 7) is 20.7. The van der Waals surface area contributed by atoms with Crippen molar-refractivity contribution in [2.45, 2.75) is 78.6 Å². The van der Waals surface area contributed by atoms with Crippen LogP contribution in [-0.2, 0) is 16.2 Å². The molecular formula is C26H35OP. The largest absolute Gasteiger partial charge is 0.298 e. The monoisotopic (exact) mass is 394 g/mol. The van der Waals surface area contributed by atoms with Crippen LogP contribution in [0.2, 0.25) is 0 Å². The van der Waals surface area contributed by atoms with Gasteiger partial charge in [0.25, 0.3) is 0 Å². The zero-order chi connectivity index (χ0) is 21.3. The Labute approximate surface area is 173 Å². The third kappa shape index (κ3) is 5.42. The van der Waals surface area contributed by atoms with Gasteiger partial charge in [0.05, 0.1) is 0 Å². The SMILES string of the molecule is CC(C)(C)c1cc(C(C)(C)C)c(P=Cc2ccc(C=O)cc2)c(C(C)(C)C)c1. The molecule has 0 bridgehead atoms. The lowest BCUT2D eigenvalue weighted by molar-refractivity contribution is 0.112. The summed E-state index contributed by atoms with van der Waals surface area (Å²) in [4.78, 5) is 10.9. The average Bonchev–Trinajstić information content (AvgIpc) is 2.57. The van der Waals surface area contributed by atoms with E-state index >= 15 is 0 Å². The molecule has 0 saturated carbocycles. The standard InChI is InChI=1S/C26H35OP/c1-24(2,3)20-14-21(25(4,5)6)23(22(15-20)26(7,8)9)28-17-19-12-10-18(16-27)11-13-19/h10-17H,1-9H3. The van der Waals surface area contributed by atoms with Crippen LogP contribution in [-0.4, -0.2) is 12.1 Å². The third-order valence-corrected chi connectivity index (χ3v) is 6.17. The van der Waals surface area contributed by atoms with E-state index in [1.807, 2.05) is 24.3 Å². The molecule has 0 atom stereocenters. The summed E-state index contributed by atoms with van der Waals surface area (Å²) < 4.78 is 0. The van der Waals surface area contributed by atoms with Crippen molar-refractivity contribution in [1.82, 2.24) is 0 Å². The van der Waals surface area contributed by atoms with Gasteiger partial charge in [-0.2, -0.15) is 0 Å². The van der Waals surface area contributed by atoms with Crippen molar-refractivity contribution < 1.29 is 4.79 Å². The van der Waals surface area contributed by atoms with Crippen molar-refractivity contribution in [3.63, 3.8) is 0 Å². The molecular weight excluding hydrogens is 359 g/mol. The van der Waals surface area contributed by atoms with Gasteiger partial charge in [-0.15, -0.1) is 0 Å². The molecule has 0 aliphatic carbocycles. The summed E-state index contributed by atoms with van der Waals surface area (Å²) in [5.74, 6) is 2.26. The summed E-state index contributed by atoms with van der Waals surface area (Å²) in [6.07, 6.45) is 0.891. The first kappa shape index (κ1) is 22.6. The quantitative estimate of drug-likeness (QED) is 0.413. The molecule has 0 aromatic heterocycles. The lowest BCUT2D eigenvalue weighted by Gasteiger charge is -2.32. The fraction of sp³-hybridized carbons (Fsp3) is 0.462. The van der Waals surface area contributed by atoms with Gasteiger partial charge < -0.3 is 0 Å². The number of aldehydes is 1. The molecule has 1 nitrogen and oxygen atoms in total.